The molecule has 286 valence electrons. The number of carbonyl (C=O) groups is 4. The summed E-state index contributed by atoms with van der Waals surface area (Å²) in [6, 6.07) is 32.8. The molecule has 0 unspecified atom stereocenters. The Balaban J connectivity index is 1.22. The number of nitrogens with zero attached hydrogens (tertiary/aromatic N) is 1. The van der Waals surface area contributed by atoms with Crippen molar-refractivity contribution < 1.29 is 33.8 Å². The predicted octanol–water partition coefficient (Wildman–Crippen LogP) is 6.86. The molecule has 3 atom stereocenters. The zero-order valence-electron chi connectivity index (χ0n) is 31.0. The third-order valence-corrected chi connectivity index (χ3v) is 9.67. The van der Waals surface area contributed by atoms with Gasteiger partial charge < -0.3 is 30.1 Å². The van der Waals surface area contributed by atoms with E-state index in [4.69, 9.17) is 9.47 Å². The van der Waals surface area contributed by atoms with Crippen LogP contribution in [0, 0.1) is 5.92 Å². The average molecular weight is 744 g/mol. The first-order valence-electron chi connectivity index (χ1n) is 18.6. The standard InChI is InChI=1S/C45H49N3O7/c1-3-5-25-40(47-45(53)55-30-39-37-23-14-12-21-35(37)36-22-13-15-24-38(36)39)44(52)54-31-41(33-19-10-7-11-20-33)46-43(51)34(16-4-2)28-42(50)48(26-27-49)29-32-17-8-6-9-18-32/h3-4,6-15,17-24,34,39-41,49H,1-2,5,16,25-31H2,(H,46,51)(H,47,53)/t34-,40+,41+/m1/s1. The van der Waals surface area contributed by atoms with Crippen molar-refractivity contribution in [3.05, 3.63) is 157 Å². The molecule has 1 aliphatic rings. The lowest BCUT2D eigenvalue weighted by Crippen LogP contribution is -2.44. The summed E-state index contributed by atoms with van der Waals surface area (Å²) in [6.45, 7) is 7.60. The third kappa shape index (κ3) is 11.0. The van der Waals surface area contributed by atoms with Crippen LogP contribution in [0.3, 0.4) is 0 Å². The van der Waals surface area contributed by atoms with Gasteiger partial charge in [-0.1, -0.05) is 121 Å². The number of nitrogens with one attached hydrogen (secondary N) is 2. The molecule has 4 aromatic carbocycles. The molecule has 0 fully saturated rings. The van der Waals surface area contributed by atoms with Gasteiger partial charge in [-0.2, -0.15) is 0 Å². The van der Waals surface area contributed by atoms with Crippen LogP contribution in [0.5, 0.6) is 0 Å². The highest BCUT2D eigenvalue weighted by Crippen LogP contribution is 2.44. The fourth-order valence-corrected chi connectivity index (χ4v) is 6.82. The number of esters is 1. The molecule has 10 heteroatoms. The minimum Gasteiger partial charge on any atom is -0.462 e. The molecule has 3 amide bonds. The number of hydrogen-bond donors (Lipinski definition) is 3. The predicted molar refractivity (Wildman–Crippen MR) is 212 cm³/mol. The van der Waals surface area contributed by atoms with Crippen molar-refractivity contribution in [2.75, 3.05) is 26.4 Å². The van der Waals surface area contributed by atoms with Crippen molar-refractivity contribution >= 4 is 23.9 Å². The van der Waals surface area contributed by atoms with E-state index in [2.05, 4.69) is 35.9 Å². The quantitative estimate of drug-likeness (QED) is 0.0665. The molecule has 0 bridgehead atoms. The highest BCUT2D eigenvalue weighted by molar-refractivity contribution is 5.86. The molecule has 0 saturated carbocycles. The minimum absolute atomic E-state index is 0.0869. The summed E-state index contributed by atoms with van der Waals surface area (Å²) in [4.78, 5) is 55.5. The number of fused-ring (bicyclic) bond motifs is 3. The number of allylic oxidation sites excluding steroid dienone is 2. The molecule has 4 aromatic rings. The van der Waals surface area contributed by atoms with E-state index < -0.39 is 36.0 Å². The zero-order chi connectivity index (χ0) is 39.0. The normalized spacial score (nSPS) is 13.3. The lowest BCUT2D eigenvalue weighted by molar-refractivity contribution is -0.147. The smallest absolute Gasteiger partial charge is 0.407 e. The number of amides is 3. The Bertz CT molecular complexity index is 1870. The molecular formula is C45H49N3O7. The second kappa shape index (κ2) is 20.5. The highest BCUT2D eigenvalue weighted by atomic mass is 16.6. The lowest BCUT2D eigenvalue weighted by Gasteiger charge is -2.26. The summed E-state index contributed by atoms with van der Waals surface area (Å²) >= 11 is 0. The van der Waals surface area contributed by atoms with Crippen LogP contribution in [0.1, 0.15) is 59.9 Å². The van der Waals surface area contributed by atoms with Crippen LogP contribution < -0.4 is 10.6 Å². The van der Waals surface area contributed by atoms with Gasteiger partial charge in [0.1, 0.15) is 19.3 Å². The van der Waals surface area contributed by atoms with Gasteiger partial charge in [0.05, 0.1) is 18.6 Å². The van der Waals surface area contributed by atoms with Crippen LogP contribution in [0.25, 0.3) is 11.1 Å². The van der Waals surface area contributed by atoms with Crippen LogP contribution in [-0.2, 0) is 30.4 Å². The summed E-state index contributed by atoms with van der Waals surface area (Å²) < 4.78 is 11.5. The Hall–Kier alpha value is -6.00. The molecule has 10 nitrogen and oxygen atoms in total. The molecule has 0 spiro atoms. The van der Waals surface area contributed by atoms with Crippen molar-refractivity contribution in [2.24, 2.45) is 5.92 Å². The van der Waals surface area contributed by atoms with E-state index >= 15 is 0 Å². The van der Waals surface area contributed by atoms with E-state index in [-0.39, 0.29) is 57.5 Å². The SMILES string of the molecule is C=CCC[C@H](NC(=O)OCC1c2ccccc2-c2ccccc21)C(=O)OC[C@H](NC(=O)[C@H](CC=C)CC(=O)N(CCO)Cc1ccccc1)c1ccccc1. The maximum atomic E-state index is 13.8. The van der Waals surface area contributed by atoms with Gasteiger partial charge in [-0.25, -0.2) is 9.59 Å². The van der Waals surface area contributed by atoms with Gasteiger partial charge in [-0.05, 0) is 52.6 Å². The van der Waals surface area contributed by atoms with E-state index in [0.29, 0.717) is 18.5 Å². The Morgan fingerprint density at radius 3 is 2.02 bits per heavy atom. The van der Waals surface area contributed by atoms with E-state index in [1.54, 1.807) is 24.3 Å². The summed E-state index contributed by atoms with van der Waals surface area (Å²) in [5.74, 6) is -2.30. The van der Waals surface area contributed by atoms with Gasteiger partial charge in [0, 0.05) is 25.4 Å². The van der Waals surface area contributed by atoms with Crippen LogP contribution in [0.15, 0.2) is 135 Å². The van der Waals surface area contributed by atoms with E-state index in [9.17, 15) is 24.3 Å². The van der Waals surface area contributed by atoms with Gasteiger partial charge in [0.25, 0.3) is 0 Å². The van der Waals surface area contributed by atoms with E-state index in [1.165, 1.54) is 4.90 Å². The van der Waals surface area contributed by atoms with Crippen LogP contribution >= 0.6 is 0 Å². The number of ether oxygens (including phenoxy) is 2. The monoisotopic (exact) mass is 743 g/mol. The van der Waals surface area contributed by atoms with E-state index in [0.717, 1.165) is 27.8 Å². The summed E-state index contributed by atoms with van der Waals surface area (Å²) in [7, 11) is 0. The Morgan fingerprint density at radius 1 is 0.782 bits per heavy atom. The molecule has 1 aliphatic carbocycles. The van der Waals surface area contributed by atoms with Gasteiger partial charge in [-0.3, -0.25) is 9.59 Å². The molecule has 0 aromatic heterocycles. The van der Waals surface area contributed by atoms with Crippen molar-refractivity contribution in [3.8, 4) is 11.1 Å². The van der Waals surface area contributed by atoms with Gasteiger partial charge in [-0.15, -0.1) is 13.2 Å². The first-order valence-corrected chi connectivity index (χ1v) is 18.6. The van der Waals surface area contributed by atoms with Crippen LogP contribution in [0.2, 0.25) is 0 Å². The topological polar surface area (TPSA) is 134 Å². The number of benzene rings is 4. The third-order valence-electron chi connectivity index (χ3n) is 9.67. The van der Waals surface area contributed by atoms with Crippen LogP contribution in [-0.4, -0.2) is 66.3 Å². The second-order valence-corrected chi connectivity index (χ2v) is 13.4. The number of alkyl carbamates (subject to hydrolysis) is 1. The number of aliphatic hydroxyl groups is 1. The van der Waals surface area contributed by atoms with Crippen molar-refractivity contribution in [3.63, 3.8) is 0 Å². The number of hydrogen-bond acceptors (Lipinski definition) is 7. The summed E-state index contributed by atoms with van der Waals surface area (Å²) in [5, 5.41) is 15.3. The fourth-order valence-electron chi connectivity index (χ4n) is 6.82. The second-order valence-electron chi connectivity index (χ2n) is 13.4. The fraction of sp³-hybridized carbons (Fsp3) is 0.289. The van der Waals surface area contributed by atoms with Crippen LogP contribution in [0.4, 0.5) is 4.79 Å². The van der Waals surface area contributed by atoms with Crippen molar-refractivity contribution in [1.29, 1.82) is 0 Å². The molecule has 0 radical (unpaired) electrons. The van der Waals surface area contributed by atoms with Crippen molar-refractivity contribution in [2.45, 2.75) is 50.2 Å². The Morgan fingerprint density at radius 2 is 1.40 bits per heavy atom. The van der Waals surface area contributed by atoms with E-state index in [1.807, 2.05) is 84.9 Å². The lowest BCUT2D eigenvalue weighted by atomic mass is 9.97. The van der Waals surface area contributed by atoms with Gasteiger partial charge >= 0.3 is 12.1 Å². The number of rotatable bonds is 20. The van der Waals surface area contributed by atoms with Gasteiger partial charge in [0.2, 0.25) is 11.8 Å². The van der Waals surface area contributed by atoms with Gasteiger partial charge in [0.15, 0.2) is 0 Å². The van der Waals surface area contributed by atoms with Crippen molar-refractivity contribution in [1.82, 2.24) is 15.5 Å². The molecule has 3 N–H and O–H groups in total. The summed E-state index contributed by atoms with van der Waals surface area (Å²) in [5.41, 5.74) is 5.94. The molecule has 0 heterocycles. The number of carbonyl (C=O) groups excluding carboxylic acids is 4. The first-order chi connectivity index (χ1) is 26.8. The maximum absolute atomic E-state index is 13.8. The maximum Gasteiger partial charge on any atom is 0.407 e. The Labute approximate surface area is 322 Å². The number of aliphatic hydroxyl groups excluding tert-OH is 1. The largest absolute Gasteiger partial charge is 0.462 e. The molecule has 5 rings (SSSR count). The molecular weight excluding hydrogens is 695 g/mol. The average Bonchev–Trinajstić information content (AvgIpc) is 3.53. The molecule has 0 saturated heterocycles. The zero-order valence-corrected chi connectivity index (χ0v) is 31.0. The highest BCUT2D eigenvalue weighted by Gasteiger charge is 2.31. The minimum atomic E-state index is -1.03. The first kappa shape index (κ1) is 40.2. The molecule has 55 heavy (non-hydrogen) atoms. The molecule has 0 aliphatic heterocycles. The Kier molecular flexibility index (Phi) is 14.9. The summed E-state index contributed by atoms with van der Waals surface area (Å²) in [6.07, 6.45) is 3.25.